The van der Waals surface area contributed by atoms with Crippen LogP contribution < -0.4 is 0 Å². The van der Waals surface area contributed by atoms with E-state index in [2.05, 4.69) is 0 Å². The average molecular weight is 244 g/mol. The van der Waals surface area contributed by atoms with Gasteiger partial charge < -0.3 is 23.7 Å². The maximum atomic E-state index is 5.85. The van der Waals surface area contributed by atoms with Crippen molar-refractivity contribution in [2.45, 2.75) is 70.3 Å². The Morgan fingerprint density at radius 3 is 2.12 bits per heavy atom. The third-order valence-corrected chi connectivity index (χ3v) is 3.36. The minimum Gasteiger partial charge on any atom is -0.348 e. The molecular formula is C12H20O5. The molecule has 3 rings (SSSR count). The summed E-state index contributed by atoms with van der Waals surface area (Å²) in [5.41, 5.74) is 0. The summed E-state index contributed by atoms with van der Waals surface area (Å²) >= 11 is 0. The highest BCUT2D eigenvalue weighted by Gasteiger charge is 2.52. The lowest BCUT2D eigenvalue weighted by Crippen LogP contribution is -2.33. The minimum absolute atomic E-state index is 0.00266. The van der Waals surface area contributed by atoms with E-state index in [-0.39, 0.29) is 24.6 Å². The molecule has 0 bridgehead atoms. The molecule has 0 aromatic carbocycles. The zero-order valence-electron chi connectivity index (χ0n) is 10.8. The van der Waals surface area contributed by atoms with Crippen LogP contribution in [-0.4, -0.2) is 42.8 Å². The van der Waals surface area contributed by atoms with Crippen molar-refractivity contribution < 1.29 is 23.7 Å². The summed E-state index contributed by atoms with van der Waals surface area (Å²) in [5.74, 6) is -1.04. The van der Waals surface area contributed by atoms with Crippen molar-refractivity contribution in [3.63, 3.8) is 0 Å². The topological polar surface area (TPSA) is 46.2 Å². The molecule has 3 saturated heterocycles. The molecule has 0 aromatic rings. The van der Waals surface area contributed by atoms with Gasteiger partial charge in [-0.15, -0.1) is 0 Å². The van der Waals surface area contributed by atoms with Crippen LogP contribution in [0.25, 0.3) is 0 Å². The van der Waals surface area contributed by atoms with Crippen LogP contribution >= 0.6 is 0 Å². The van der Waals surface area contributed by atoms with E-state index in [1.165, 1.54) is 0 Å². The van der Waals surface area contributed by atoms with Crippen LogP contribution in [0.2, 0.25) is 0 Å². The van der Waals surface area contributed by atoms with E-state index in [4.69, 9.17) is 23.7 Å². The largest absolute Gasteiger partial charge is 0.348 e. The molecule has 5 nitrogen and oxygen atoms in total. The van der Waals surface area contributed by atoms with Gasteiger partial charge in [0.05, 0.1) is 12.7 Å². The molecule has 3 aliphatic heterocycles. The fourth-order valence-electron chi connectivity index (χ4n) is 2.67. The molecule has 3 heterocycles. The highest BCUT2D eigenvalue weighted by Crippen LogP contribution is 2.40. The van der Waals surface area contributed by atoms with Crippen molar-refractivity contribution in [2.24, 2.45) is 0 Å². The van der Waals surface area contributed by atoms with Crippen molar-refractivity contribution in [1.29, 1.82) is 0 Å². The Hall–Kier alpha value is -0.200. The van der Waals surface area contributed by atoms with E-state index in [1.54, 1.807) is 0 Å². The standard InChI is InChI=1S/C12H20O5/c1-11(2)13-6-9(16-11)7-5-8-10(14-7)17-12(3,4)15-8/h7-10H,5-6H2,1-4H3. The van der Waals surface area contributed by atoms with Crippen LogP contribution in [0.3, 0.4) is 0 Å². The Kier molecular flexibility index (Phi) is 2.55. The minimum atomic E-state index is -0.535. The first kappa shape index (κ1) is 11.9. The van der Waals surface area contributed by atoms with E-state index < -0.39 is 11.6 Å². The first-order chi connectivity index (χ1) is 7.85. The average Bonchev–Trinajstić information content (AvgIpc) is 2.75. The number of rotatable bonds is 1. The van der Waals surface area contributed by atoms with Gasteiger partial charge in [-0.2, -0.15) is 0 Å². The highest BCUT2D eigenvalue weighted by atomic mass is 16.8. The maximum Gasteiger partial charge on any atom is 0.187 e. The molecule has 0 saturated carbocycles. The fourth-order valence-corrected chi connectivity index (χ4v) is 2.67. The second kappa shape index (κ2) is 3.65. The molecule has 5 heteroatoms. The molecule has 0 N–H and O–H groups in total. The second-order valence-corrected chi connectivity index (χ2v) is 5.82. The summed E-state index contributed by atoms with van der Waals surface area (Å²) in [6.07, 6.45) is 0.538. The molecule has 3 aliphatic rings. The van der Waals surface area contributed by atoms with Crippen LogP contribution in [0.5, 0.6) is 0 Å². The van der Waals surface area contributed by atoms with Gasteiger partial charge in [-0.05, 0) is 27.7 Å². The Balaban J connectivity index is 1.60. The number of fused-ring (bicyclic) bond motifs is 1. The highest BCUT2D eigenvalue weighted by molar-refractivity contribution is 4.90. The summed E-state index contributed by atoms with van der Waals surface area (Å²) in [6.45, 7) is 8.21. The first-order valence-corrected chi connectivity index (χ1v) is 6.18. The quantitative estimate of drug-likeness (QED) is 0.697. The normalized spacial score (nSPS) is 47.3. The zero-order valence-corrected chi connectivity index (χ0v) is 10.8. The molecule has 0 aliphatic carbocycles. The molecule has 0 radical (unpaired) electrons. The van der Waals surface area contributed by atoms with Gasteiger partial charge in [-0.3, -0.25) is 0 Å². The molecule has 0 aromatic heterocycles. The van der Waals surface area contributed by atoms with Crippen LogP contribution in [0.4, 0.5) is 0 Å². The van der Waals surface area contributed by atoms with E-state index in [0.717, 1.165) is 6.42 Å². The molecule has 98 valence electrons. The van der Waals surface area contributed by atoms with Crippen molar-refractivity contribution in [2.75, 3.05) is 6.61 Å². The van der Waals surface area contributed by atoms with Gasteiger partial charge in [0, 0.05) is 6.42 Å². The van der Waals surface area contributed by atoms with E-state index in [1.807, 2.05) is 27.7 Å². The monoisotopic (exact) mass is 244 g/mol. The van der Waals surface area contributed by atoms with Gasteiger partial charge in [-0.1, -0.05) is 0 Å². The van der Waals surface area contributed by atoms with Gasteiger partial charge in [0.2, 0.25) is 0 Å². The molecule has 3 fully saturated rings. The molecule has 17 heavy (non-hydrogen) atoms. The predicted molar refractivity (Wildman–Crippen MR) is 58.2 cm³/mol. The molecule has 0 amide bonds. The number of ether oxygens (including phenoxy) is 5. The lowest BCUT2D eigenvalue weighted by atomic mass is 10.1. The molecule has 4 unspecified atom stereocenters. The summed E-state index contributed by atoms with van der Waals surface area (Å²) in [5, 5.41) is 0. The Labute approximate surface area is 101 Å². The van der Waals surface area contributed by atoms with Crippen molar-refractivity contribution in [3.8, 4) is 0 Å². The van der Waals surface area contributed by atoms with Crippen molar-refractivity contribution >= 4 is 0 Å². The van der Waals surface area contributed by atoms with Crippen molar-refractivity contribution in [1.82, 2.24) is 0 Å². The molecule has 4 atom stereocenters. The SMILES string of the molecule is CC1(C)OCC(C2CC3OC(C)(C)OC3O2)O1. The third kappa shape index (κ3) is 2.22. The smallest absolute Gasteiger partial charge is 0.187 e. The van der Waals surface area contributed by atoms with Gasteiger partial charge in [-0.25, -0.2) is 0 Å². The van der Waals surface area contributed by atoms with E-state index in [9.17, 15) is 0 Å². The summed E-state index contributed by atoms with van der Waals surface area (Å²) < 4.78 is 28.6. The number of hydrogen-bond donors (Lipinski definition) is 0. The van der Waals surface area contributed by atoms with Crippen LogP contribution in [0.1, 0.15) is 34.1 Å². The molecule has 0 spiro atoms. The van der Waals surface area contributed by atoms with Gasteiger partial charge in [0.15, 0.2) is 17.9 Å². The maximum absolute atomic E-state index is 5.85. The van der Waals surface area contributed by atoms with E-state index in [0.29, 0.717) is 6.61 Å². The van der Waals surface area contributed by atoms with Crippen LogP contribution in [-0.2, 0) is 23.7 Å². The van der Waals surface area contributed by atoms with E-state index >= 15 is 0 Å². The lowest BCUT2D eigenvalue weighted by Gasteiger charge is -2.23. The Bertz CT molecular complexity index is 298. The zero-order chi connectivity index (χ0) is 12.3. The summed E-state index contributed by atoms with van der Waals surface area (Å²) in [4.78, 5) is 0. The predicted octanol–water partition coefficient (Wildman–Crippen LogP) is 1.40. The van der Waals surface area contributed by atoms with Gasteiger partial charge in [0.25, 0.3) is 0 Å². The summed E-state index contributed by atoms with van der Waals surface area (Å²) in [7, 11) is 0. The molecular weight excluding hydrogens is 224 g/mol. The lowest BCUT2D eigenvalue weighted by molar-refractivity contribution is -0.220. The Morgan fingerprint density at radius 1 is 0.824 bits per heavy atom. The second-order valence-electron chi connectivity index (χ2n) is 5.82. The first-order valence-electron chi connectivity index (χ1n) is 6.18. The van der Waals surface area contributed by atoms with Gasteiger partial charge in [0.1, 0.15) is 12.2 Å². The Morgan fingerprint density at radius 2 is 1.53 bits per heavy atom. The van der Waals surface area contributed by atoms with Crippen molar-refractivity contribution in [3.05, 3.63) is 0 Å². The van der Waals surface area contributed by atoms with Gasteiger partial charge >= 0.3 is 0 Å². The fraction of sp³-hybridized carbons (Fsp3) is 1.00. The number of hydrogen-bond acceptors (Lipinski definition) is 5. The third-order valence-electron chi connectivity index (χ3n) is 3.36. The van der Waals surface area contributed by atoms with Crippen LogP contribution in [0.15, 0.2) is 0 Å². The van der Waals surface area contributed by atoms with Crippen LogP contribution in [0, 0.1) is 0 Å². The summed E-state index contributed by atoms with van der Waals surface area (Å²) in [6, 6.07) is 0.